The van der Waals surface area contributed by atoms with E-state index in [0.717, 1.165) is 0 Å². The van der Waals surface area contributed by atoms with E-state index in [9.17, 15) is 24.3 Å². The highest BCUT2D eigenvalue weighted by Crippen LogP contribution is 2.34. The molecule has 0 bridgehead atoms. The van der Waals surface area contributed by atoms with Crippen LogP contribution in [0.5, 0.6) is 11.5 Å². The molecule has 0 spiro atoms. The molecule has 54 heavy (non-hydrogen) atoms. The van der Waals surface area contributed by atoms with Gasteiger partial charge in [0.15, 0.2) is 0 Å². The molecule has 14 heteroatoms. The zero-order valence-electron chi connectivity index (χ0n) is 28.8. The van der Waals surface area contributed by atoms with E-state index in [1.165, 1.54) is 16.7 Å². The van der Waals surface area contributed by atoms with Gasteiger partial charge in [0.05, 0.1) is 46.8 Å². The van der Waals surface area contributed by atoms with Crippen LogP contribution in [-0.4, -0.2) is 50.7 Å². The number of carbonyl (C=O) groups excluding carboxylic acids is 2. The first-order valence-electron chi connectivity index (χ1n) is 16.0. The van der Waals surface area contributed by atoms with Crippen LogP contribution in [0.15, 0.2) is 109 Å². The van der Waals surface area contributed by atoms with Crippen LogP contribution >= 0.6 is 34.8 Å². The number of rotatable bonds is 9. The van der Waals surface area contributed by atoms with Crippen LogP contribution in [-0.2, 0) is 22.4 Å². The molecule has 0 aliphatic rings. The van der Waals surface area contributed by atoms with Gasteiger partial charge in [0.1, 0.15) is 11.5 Å². The minimum Gasteiger partial charge on any atom is -0.507 e. The maximum Gasteiger partial charge on any atom is 0.307 e. The normalized spacial score (nSPS) is 10.3. The number of anilines is 2. The number of phenols is 1. The average molecular weight is 791 g/mol. The number of carboxylic acids is 2. The van der Waals surface area contributed by atoms with Crippen LogP contribution < -0.4 is 15.8 Å². The highest BCUT2D eigenvalue weighted by molar-refractivity contribution is 6.39. The molecule has 1 aromatic heterocycles. The molecule has 0 aliphatic carbocycles. The summed E-state index contributed by atoms with van der Waals surface area (Å²) in [6.07, 6.45) is -0.234. The Balaban J connectivity index is 0.000000197. The van der Waals surface area contributed by atoms with E-state index in [4.69, 9.17) is 55.5 Å². The van der Waals surface area contributed by atoms with Crippen molar-refractivity contribution in [3.8, 4) is 11.5 Å². The second-order valence-electron chi connectivity index (χ2n) is 11.5. The lowest BCUT2D eigenvalue weighted by Gasteiger charge is -2.13. The molecular formula is C40H34Cl3N3O8. The molecule has 1 amide bonds. The van der Waals surface area contributed by atoms with Crippen molar-refractivity contribution < 1.29 is 39.2 Å². The summed E-state index contributed by atoms with van der Waals surface area (Å²) in [5.74, 6) is -2.16. The number of aliphatic carboxylic acids is 2. The Bertz CT molecular complexity index is 2300. The van der Waals surface area contributed by atoms with Gasteiger partial charge in [0, 0.05) is 27.4 Å². The standard InChI is InChI=1S/C19H16ClNO4.C14H11Cl2NO2.C7H7NO2/c1-11-15(10-18(22)23)16-9-14(25-2)7-8-17(16)21(11)19(24)12-3-5-13(20)6-4-12;15-10-5-3-6-11(16)14(10)17-12-7-2-1-4-9(12)8-13(18)19;8-7(10)5-3-1-2-4-6(5)9/h3-9H,10H2,1-2H3,(H,22,23);1-7,17H,8H2,(H,18,19);1-4,9H,(H2,8,10). The van der Waals surface area contributed by atoms with Gasteiger partial charge < -0.3 is 31.1 Å². The molecule has 0 radical (unpaired) electrons. The van der Waals surface area contributed by atoms with Crippen molar-refractivity contribution in [2.75, 3.05) is 12.4 Å². The molecular weight excluding hydrogens is 757 g/mol. The second kappa shape index (κ2) is 18.7. The number of carbonyl (C=O) groups is 4. The molecule has 6 rings (SSSR count). The number of fused-ring (bicyclic) bond motifs is 1. The largest absolute Gasteiger partial charge is 0.507 e. The maximum atomic E-state index is 13.0. The third-order valence-corrected chi connectivity index (χ3v) is 8.80. The van der Waals surface area contributed by atoms with Crippen LogP contribution in [0.2, 0.25) is 15.1 Å². The molecule has 1 heterocycles. The Labute approximate surface area is 325 Å². The molecule has 0 fully saturated rings. The van der Waals surface area contributed by atoms with Gasteiger partial charge in [0.25, 0.3) is 11.8 Å². The molecule has 5 aromatic carbocycles. The van der Waals surface area contributed by atoms with Crippen molar-refractivity contribution in [2.24, 2.45) is 5.73 Å². The van der Waals surface area contributed by atoms with E-state index >= 15 is 0 Å². The average Bonchev–Trinajstić information content (AvgIpc) is 3.40. The van der Waals surface area contributed by atoms with Crippen molar-refractivity contribution >= 4 is 80.8 Å². The van der Waals surface area contributed by atoms with Gasteiger partial charge in [-0.05, 0) is 90.8 Å². The summed E-state index contributed by atoms with van der Waals surface area (Å²) < 4.78 is 6.77. The lowest BCUT2D eigenvalue weighted by Crippen LogP contribution is -2.14. The molecule has 6 aromatic rings. The molecule has 11 nitrogen and oxygen atoms in total. The number of hydrogen-bond acceptors (Lipinski definition) is 7. The number of para-hydroxylation sites is 3. The van der Waals surface area contributed by atoms with Gasteiger partial charge >= 0.3 is 11.9 Å². The number of carboxylic acid groups (broad SMARTS) is 2. The zero-order chi connectivity index (χ0) is 39.5. The first kappa shape index (κ1) is 40.8. The fraction of sp³-hybridized carbons (Fsp3) is 0.100. The molecule has 278 valence electrons. The van der Waals surface area contributed by atoms with Crippen molar-refractivity contribution in [3.05, 3.63) is 152 Å². The van der Waals surface area contributed by atoms with E-state index < -0.39 is 17.8 Å². The fourth-order valence-electron chi connectivity index (χ4n) is 5.34. The minimum atomic E-state index is -0.955. The quantitative estimate of drug-likeness (QED) is 0.0956. The number of primary amides is 1. The predicted molar refractivity (Wildman–Crippen MR) is 210 cm³/mol. The van der Waals surface area contributed by atoms with Crippen molar-refractivity contribution in [2.45, 2.75) is 19.8 Å². The van der Waals surface area contributed by atoms with Gasteiger partial charge in [-0.25, -0.2) is 0 Å². The van der Waals surface area contributed by atoms with Gasteiger partial charge in [-0.1, -0.05) is 71.2 Å². The second-order valence-corrected chi connectivity index (χ2v) is 12.7. The number of halogens is 3. The number of nitrogens with zero attached hydrogens (tertiary/aromatic N) is 1. The number of aromatic hydroxyl groups is 1. The van der Waals surface area contributed by atoms with Crippen LogP contribution in [0.25, 0.3) is 10.9 Å². The zero-order valence-corrected chi connectivity index (χ0v) is 31.1. The van der Waals surface area contributed by atoms with E-state index in [1.54, 1.807) is 105 Å². The highest BCUT2D eigenvalue weighted by Gasteiger charge is 2.22. The summed E-state index contributed by atoms with van der Waals surface area (Å²) >= 11 is 18.0. The Morgan fingerprint density at radius 1 is 0.778 bits per heavy atom. The topological polar surface area (TPSA) is 181 Å². The smallest absolute Gasteiger partial charge is 0.307 e. The lowest BCUT2D eigenvalue weighted by molar-refractivity contribution is -0.137. The molecule has 0 unspecified atom stereocenters. The number of hydrogen-bond donors (Lipinski definition) is 5. The summed E-state index contributed by atoms with van der Waals surface area (Å²) in [7, 11) is 1.54. The number of nitrogens with one attached hydrogen (secondary N) is 1. The summed E-state index contributed by atoms with van der Waals surface area (Å²) in [6.45, 7) is 1.75. The molecule has 0 aliphatic heterocycles. The summed E-state index contributed by atoms with van der Waals surface area (Å²) in [6, 6.07) is 30.4. The van der Waals surface area contributed by atoms with E-state index in [2.05, 4.69) is 5.32 Å². The summed E-state index contributed by atoms with van der Waals surface area (Å²) in [5.41, 5.74) is 9.32. The number of amides is 1. The van der Waals surface area contributed by atoms with Gasteiger partial charge in [-0.2, -0.15) is 0 Å². The Morgan fingerprint density at radius 2 is 1.39 bits per heavy atom. The summed E-state index contributed by atoms with van der Waals surface area (Å²) in [4.78, 5) is 45.6. The summed E-state index contributed by atoms with van der Waals surface area (Å²) in [5, 5.41) is 32.4. The van der Waals surface area contributed by atoms with Crippen molar-refractivity contribution in [1.29, 1.82) is 0 Å². The molecule has 0 saturated heterocycles. The van der Waals surface area contributed by atoms with Crippen molar-refractivity contribution in [1.82, 2.24) is 4.57 Å². The van der Waals surface area contributed by atoms with Gasteiger partial charge in [-0.15, -0.1) is 0 Å². The van der Waals surface area contributed by atoms with Crippen molar-refractivity contribution in [3.63, 3.8) is 0 Å². The number of methoxy groups -OCH3 is 1. The van der Waals surface area contributed by atoms with E-state index in [1.807, 2.05) is 6.07 Å². The predicted octanol–water partition coefficient (Wildman–Crippen LogP) is 8.78. The lowest BCUT2D eigenvalue weighted by atomic mass is 10.1. The van der Waals surface area contributed by atoms with Crippen LogP contribution in [0.3, 0.4) is 0 Å². The Hall–Kier alpha value is -6.01. The molecule has 0 atom stereocenters. The first-order valence-corrected chi connectivity index (χ1v) is 17.1. The van der Waals surface area contributed by atoms with Crippen LogP contribution in [0.4, 0.5) is 11.4 Å². The SMILES string of the molecule is COc1ccc2c(c1)c(CC(=O)O)c(C)n2C(=O)c1ccc(Cl)cc1.NC(=O)c1ccccc1O.O=C(O)Cc1ccccc1Nc1c(Cl)cccc1Cl. The van der Waals surface area contributed by atoms with Crippen LogP contribution in [0, 0.1) is 6.92 Å². The number of nitrogens with two attached hydrogens (primary N) is 1. The Kier molecular flexibility index (Phi) is 14.1. The molecule has 6 N–H and O–H groups in total. The number of benzene rings is 5. The number of aromatic nitrogens is 1. The molecule has 0 saturated carbocycles. The van der Waals surface area contributed by atoms with Gasteiger partial charge in [0.2, 0.25) is 0 Å². The first-order chi connectivity index (χ1) is 25.7. The number of ether oxygens (including phenoxy) is 1. The van der Waals surface area contributed by atoms with E-state index in [0.29, 0.717) is 65.5 Å². The third kappa shape index (κ3) is 10.3. The fourth-order valence-corrected chi connectivity index (χ4v) is 5.96. The van der Waals surface area contributed by atoms with E-state index in [-0.39, 0.29) is 30.1 Å². The highest BCUT2D eigenvalue weighted by atomic mass is 35.5. The monoisotopic (exact) mass is 789 g/mol. The Morgan fingerprint density at radius 3 is 1.96 bits per heavy atom. The third-order valence-electron chi connectivity index (χ3n) is 7.92. The van der Waals surface area contributed by atoms with Crippen LogP contribution in [0.1, 0.15) is 37.5 Å². The van der Waals surface area contributed by atoms with Gasteiger partial charge in [-0.3, -0.25) is 23.7 Å². The minimum absolute atomic E-state index is 0.0642. The maximum absolute atomic E-state index is 13.0.